The van der Waals surface area contributed by atoms with Gasteiger partial charge >= 0.3 is 0 Å². The maximum Gasteiger partial charge on any atom is 0.254 e. The Hall–Kier alpha value is -2.54. The smallest absolute Gasteiger partial charge is 0.254 e. The number of ether oxygens (including phenoxy) is 2. The zero-order valence-electron chi connectivity index (χ0n) is 16.3. The van der Waals surface area contributed by atoms with E-state index < -0.39 is 0 Å². The van der Waals surface area contributed by atoms with E-state index in [1.807, 2.05) is 28.7 Å². The summed E-state index contributed by atoms with van der Waals surface area (Å²) in [6, 6.07) is 3.61. The maximum atomic E-state index is 12.9. The van der Waals surface area contributed by atoms with Gasteiger partial charge in [-0.3, -0.25) is 4.79 Å². The predicted molar refractivity (Wildman–Crippen MR) is 103 cm³/mol. The quantitative estimate of drug-likeness (QED) is 0.767. The molecule has 27 heavy (non-hydrogen) atoms. The molecule has 1 aliphatic rings. The Labute approximate surface area is 160 Å². The molecule has 1 amide bonds. The first kappa shape index (κ1) is 19.2. The van der Waals surface area contributed by atoms with Crippen LogP contribution in [0.3, 0.4) is 0 Å². The van der Waals surface area contributed by atoms with Gasteiger partial charge in [0.1, 0.15) is 0 Å². The number of nitrogens with two attached hydrogens (primary N) is 1. The van der Waals surface area contributed by atoms with Crippen LogP contribution in [-0.2, 0) is 13.0 Å². The van der Waals surface area contributed by atoms with Crippen molar-refractivity contribution in [3.63, 3.8) is 0 Å². The summed E-state index contributed by atoms with van der Waals surface area (Å²) in [4.78, 5) is 18.9. The largest absolute Gasteiger partial charge is 0.493 e. The standard InChI is InChI=1S/C20H28N4O3/c1-20(21,7-11-23-13-9-22-14-23)8-12-24-10-6-15-16(19(24)25)4-5-17(26-2)18(15)27-3/h4-5,9,13-14H,6-8,10-12,21H2,1-3H3. The second-order valence-corrected chi connectivity index (χ2v) is 7.32. The van der Waals surface area contributed by atoms with E-state index in [0.29, 0.717) is 30.2 Å². The number of imidazole rings is 1. The summed E-state index contributed by atoms with van der Waals surface area (Å²) < 4.78 is 12.8. The Morgan fingerprint density at radius 2 is 2.00 bits per heavy atom. The third-order valence-electron chi connectivity index (χ3n) is 5.25. The van der Waals surface area contributed by atoms with Gasteiger partial charge in [0.25, 0.3) is 5.91 Å². The van der Waals surface area contributed by atoms with E-state index in [9.17, 15) is 4.79 Å². The van der Waals surface area contributed by atoms with Crippen LogP contribution in [0.25, 0.3) is 0 Å². The lowest BCUT2D eigenvalue weighted by atomic mass is 9.93. The average Bonchev–Trinajstić information content (AvgIpc) is 3.19. The number of rotatable bonds is 8. The van der Waals surface area contributed by atoms with E-state index in [1.165, 1.54) is 0 Å². The van der Waals surface area contributed by atoms with Crippen molar-refractivity contribution in [2.24, 2.45) is 5.73 Å². The van der Waals surface area contributed by atoms with Gasteiger partial charge in [-0.1, -0.05) is 0 Å². The summed E-state index contributed by atoms with van der Waals surface area (Å²) >= 11 is 0. The fraction of sp³-hybridized carbons (Fsp3) is 0.500. The molecule has 1 atom stereocenters. The molecule has 1 unspecified atom stereocenters. The first-order valence-electron chi connectivity index (χ1n) is 9.23. The Balaban J connectivity index is 1.63. The number of aryl methyl sites for hydroxylation is 1. The van der Waals surface area contributed by atoms with Gasteiger partial charge in [-0.05, 0) is 38.3 Å². The van der Waals surface area contributed by atoms with Crippen molar-refractivity contribution in [1.29, 1.82) is 0 Å². The van der Waals surface area contributed by atoms with E-state index >= 15 is 0 Å². The van der Waals surface area contributed by atoms with Gasteiger partial charge in [0.15, 0.2) is 11.5 Å². The van der Waals surface area contributed by atoms with Gasteiger partial charge < -0.3 is 24.7 Å². The van der Waals surface area contributed by atoms with Gasteiger partial charge in [-0.15, -0.1) is 0 Å². The van der Waals surface area contributed by atoms with Crippen LogP contribution in [0.2, 0.25) is 0 Å². The summed E-state index contributed by atoms with van der Waals surface area (Å²) in [5, 5.41) is 0. The van der Waals surface area contributed by atoms with Gasteiger partial charge in [0.05, 0.1) is 20.5 Å². The van der Waals surface area contributed by atoms with Crippen LogP contribution in [-0.4, -0.2) is 53.2 Å². The Kier molecular flexibility index (Phi) is 5.70. The highest BCUT2D eigenvalue weighted by Gasteiger charge is 2.29. The van der Waals surface area contributed by atoms with Crippen molar-refractivity contribution in [2.45, 2.75) is 38.3 Å². The minimum absolute atomic E-state index is 0.0302. The zero-order chi connectivity index (χ0) is 19.4. The van der Waals surface area contributed by atoms with Crippen LogP contribution in [0.15, 0.2) is 30.9 Å². The summed E-state index contributed by atoms with van der Waals surface area (Å²) in [6.07, 6.45) is 7.81. The number of aromatic nitrogens is 2. The molecule has 1 aromatic heterocycles. The van der Waals surface area contributed by atoms with E-state index in [-0.39, 0.29) is 11.4 Å². The van der Waals surface area contributed by atoms with E-state index in [0.717, 1.165) is 31.4 Å². The van der Waals surface area contributed by atoms with Crippen LogP contribution in [0.4, 0.5) is 0 Å². The van der Waals surface area contributed by atoms with Gasteiger partial charge in [0.2, 0.25) is 0 Å². The van der Waals surface area contributed by atoms with Crippen LogP contribution in [0.1, 0.15) is 35.7 Å². The molecule has 0 spiro atoms. The molecule has 146 valence electrons. The van der Waals surface area contributed by atoms with Gasteiger partial charge in [-0.25, -0.2) is 4.98 Å². The van der Waals surface area contributed by atoms with Gasteiger partial charge in [0, 0.05) is 48.7 Å². The Morgan fingerprint density at radius 3 is 2.67 bits per heavy atom. The van der Waals surface area contributed by atoms with Crippen molar-refractivity contribution >= 4 is 5.91 Å². The number of carbonyl (C=O) groups excluding carboxylic acids is 1. The highest BCUT2D eigenvalue weighted by molar-refractivity contribution is 5.97. The summed E-state index contributed by atoms with van der Waals surface area (Å²) in [5.41, 5.74) is 7.74. The van der Waals surface area contributed by atoms with Crippen LogP contribution in [0.5, 0.6) is 11.5 Å². The first-order chi connectivity index (χ1) is 12.9. The fourth-order valence-electron chi connectivity index (χ4n) is 3.49. The number of nitrogens with zero attached hydrogens (tertiary/aromatic N) is 3. The van der Waals surface area contributed by atoms with E-state index in [1.54, 1.807) is 32.8 Å². The number of benzene rings is 1. The van der Waals surface area contributed by atoms with Crippen LogP contribution < -0.4 is 15.2 Å². The molecule has 1 aliphatic heterocycles. The van der Waals surface area contributed by atoms with E-state index in [2.05, 4.69) is 4.98 Å². The molecular formula is C20H28N4O3. The highest BCUT2D eigenvalue weighted by atomic mass is 16.5. The molecule has 2 heterocycles. The number of amides is 1. The molecule has 0 saturated heterocycles. The van der Waals surface area contributed by atoms with Crippen LogP contribution in [0, 0.1) is 0 Å². The monoisotopic (exact) mass is 372 g/mol. The second kappa shape index (κ2) is 8.00. The maximum absolute atomic E-state index is 12.9. The van der Waals surface area contributed by atoms with Crippen molar-refractivity contribution in [3.05, 3.63) is 42.0 Å². The number of methoxy groups -OCH3 is 2. The molecule has 0 fully saturated rings. The molecule has 1 aromatic carbocycles. The van der Waals surface area contributed by atoms with Crippen molar-refractivity contribution in [2.75, 3.05) is 27.3 Å². The van der Waals surface area contributed by atoms with Crippen molar-refractivity contribution < 1.29 is 14.3 Å². The first-order valence-corrected chi connectivity index (χ1v) is 9.23. The minimum atomic E-state index is -0.345. The molecule has 3 rings (SSSR count). The lowest BCUT2D eigenvalue weighted by Gasteiger charge is -2.33. The summed E-state index contributed by atoms with van der Waals surface area (Å²) in [5.74, 6) is 1.35. The normalized spacial score (nSPS) is 16.0. The van der Waals surface area contributed by atoms with Crippen LogP contribution >= 0.6 is 0 Å². The predicted octanol–water partition coefficient (Wildman–Crippen LogP) is 2.10. The summed E-state index contributed by atoms with van der Waals surface area (Å²) in [6.45, 7) is 4.16. The number of hydrogen-bond donors (Lipinski definition) is 1. The molecule has 0 saturated carbocycles. The number of fused-ring (bicyclic) bond motifs is 1. The number of hydrogen-bond acceptors (Lipinski definition) is 5. The van der Waals surface area contributed by atoms with Crippen molar-refractivity contribution in [1.82, 2.24) is 14.5 Å². The molecule has 0 bridgehead atoms. The molecule has 2 aromatic rings. The lowest BCUT2D eigenvalue weighted by molar-refractivity contribution is 0.0725. The molecule has 7 heteroatoms. The van der Waals surface area contributed by atoms with E-state index in [4.69, 9.17) is 15.2 Å². The SMILES string of the molecule is COc1ccc2c(c1OC)CCN(CCC(C)(N)CCn1ccnc1)C2=O. The zero-order valence-corrected chi connectivity index (χ0v) is 16.3. The third kappa shape index (κ3) is 4.24. The molecule has 0 radical (unpaired) electrons. The number of carbonyl (C=O) groups is 1. The second-order valence-electron chi connectivity index (χ2n) is 7.32. The average molecular weight is 372 g/mol. The Bertz CT molecular complexity index is 787. The third-order valence-corrected chi connectivity index (χ3v) is 5.25. The topological polar surface area (TPSA) is 82.6 Å². The Morgan fingerprint density at radius 1 is 1.22 bits per heavy atom. The highest BCUT2D eigenvalue weighted by Crippen LogP contribution is 2.36. The molecule has 0 aliphatic carbocycles. The molecular weight excluding hydrogens is 344 g/mol. The fourth-order valence-corrected chi connectivity index (χ4v) is 3.49. The minimum Gasteiger partial charge on any atom is -0.493 e. The van der Waals surface area contributed by atoms with Gasteiger partial charge in [-0.2, -0.15) is 0 Å². The molecule has 7 nitrogen and oxygen atoms in total. The molecule has 2 N–H and O–H groups in total. The summed E-state index contributed by atoms with van der Waals surface area (Å²) in [7, 11) is 3.21. The van der Waals surface area contributed by atoms with Crippen molar-refractivity contribution in [3.8, 4) is 11.5 Å². The lowest BCUT2D eigenvalue weighted by Crippen LogP contribution is -2.44.